The molecular weight excluding hydrogens is 623 g/mol. The number of carbonyl (C=O) groups excluding carboxylic acids is 2. The summed E-state index contributed by atoms with van der Waals surface area (Å²) in [5.74, 6) is -0.0947. The second-order valence-corrected chi connectivity index (χ2v) is 14.8. The van der Waals surface area contributed by atoms with Crippen molar-refractivity contribution in [2.75, 3.05) is 52.9 Å². The third-order valence-corrected chi connectivity index (χ3v) is 11.4. The number of fused-ring (bicyclic) bond motifs is 1. The van der Waals surface area contributed by atoms with Gasteiger partial charge < -0.3 is 15.1 Å². The Balaban J connectivity index is 1.14. The molecule has 2 heterocycles. The highest BCUT2D eigenvalue weighted by molar-refractivity contribution is 7.89. The van der Waals surface area contributed by atoms with E-state index in [0.717, 1.165) is 60.9 Å². The van der Waals surface area contributed by atoms with Crippen LogP contribution in [0.3, 0.4) is 0 Å². The lowest BCUT2D eigenvalue weighted by molar-refractivity contribution is -0.135. The van der Waals surface area contributed by atoms with E-state index < -0.39 is 16.1 Å². The lowest BCUT2D eigenvalue weighted by atomic mass is 9.84. The van der Waals surface area contributed by atoms with E-state index in [1.165, 1.54) is 0 Å². The summed E-state index contributed by atoms with van der Waals surface area (Å²) in [6.45, 7) is 5.34. The van der Waals surface area contributed by atoms with Gasteiger partial charge in [-0.25, -0.2) is 13.1 Å². The van der Waals surface area contributed by atoms with E-state index in [1.54, 1.807) is 18.2 Å². The third kappa shape index (κ3) is 8.13. The van der Waals surface area contributed by atoms with Crippen LogP contribution in [0, 0.1) is 0 Å². The zero-order valence-corrected chi connectivity index (χ0v) is 28.4. The monoisotopic (exact) mass is 667 g/mol. The van der Waals surface area contributed by atoms with Gasteiger partial charge in [0.2, 0.25) is 21.8 Å². The van der Waals surface area contributed by atoms with E-state index in [1.807, 2.05) is 89.8 Å². The number of likely N-dealkylation sites (N-methyl/N-ethyl adjacent to an activating group) is 1. The van der Waals surface area contributed by atoms with Gasteiger partial charge in [0.25, 0.3) is 0 Å². The summed E-state index contributed by atoms with van der Waals surface area (Å²) in [6, 6.07) is 31.0. The minimum absolute atomic E-state index is 0.00221. The van der Waals surface area contributed by atoms with Gasteiger partial charge in [-0.05, 0) is 53.9 Å². The van der Waals surface area contributed by atoms with Crippen LogP contribution in [0.1, 0.15) is 36.4 Å². The molecule has 1 atom stereocenters. The van der Waals surface area contributed by atoms with Crippen molar-refractivity contribution in [1.29, 1.82) is 0 Å². The van der Waals surface area contributed by atoms with Crippen LogP contribution in [0.25, 0.3) is 10.8 Å². The van der Waals surface area contributed by atoms with Gasteiger partial charge in [0.15, 0.2) is 0 Å². The van der Waals surface area contributed by atoms with Crippen LogP contribution in [-0.2, 0) is 26.0 Å². The number of hydrogen-bond donors (Lipinski definition) is 2. The van der Waals surface area contributed by atoms with Gasteiger partial charge >= 0.3 is 0 Å². The summed E-state index contributed by atoms with van der Waals surface area (Å²) < 4.78 is 30.2. The minimum Gasteiger partial charge on any atom is -0.354 e. The molecule has 0 saturated carbocycles. The van der Waals surface area contributed by atoms with Crippen LogP contribution in [-0.4, -0.2) is 93.3 Å². The van der Waals surface area contributed by atoms with E-state index >= 15 is 0 Å². The molecule has 48 heavy (non-hydrogen) atoms. The number of nitrogens with zero attached hydrogens (tertiary/aromatic N) is 3. The molecule has 2 aliphatic heterocycles. The fourth-order valence-electron chi connectivity index (χ4n) is 6.97. The molecule has 2 aliphatic rings. The lowest BCUT2D eigenvalue weighted by Crippen LogP contribution is -2.64. The average molecular weight is 668 g/mol. The maximum Gasteiger partial charge on any atom is 0.241 e. The first-order valence-electron chi connectivity index (χ1n) is 16.8. The van der Waals surface area contributed by atoms with E-state index in [4.69, 9.17) is 0 Å². The normalized spacial score (nSPS) is 18.0. The molecule has 0 spiro atoms. The van der Waals surface area contributed by atoms with Gasteiger partial charge in [0.1, 0.15) is 0 Å². The Labute approximate surface area is 284 Å². The standard InChI is InChI=1S/C38H45N5O4S/c1-41-22-24-43(25-23-41)38(29-39-36(44)26-30-10-4-2-5-11-30)18-20-42(21-19-38)37(45)28-35(32-13-6-3-7-14-32)40-48(46,47)34-17-16-31-12-8-9-15-33(31)27-34/h2-17,27,35,40H,18-26,28-29H2,1H3,(H,39,44). The molecule has 2 N–H and O–H groups in total. The molecule has 4 aromatic rings. The number of hydrogen-bond acceptors (Lipinski definition) is 6. The molecule has 6 rings (SSSR count). The van der Waals surface area contributed by atoms with Crippen molar-refractivity contribution in [2.45, 2.75) is 42.2 Å². The molecular formula is C38H45N5O4S. The summed E-state index contributed by atoms with van der Waals surface area (Å²) in [5, 5.41) is 5.02. The maximum atomic E-state index is 13.9. The van der Waals surface area contributed by atoms with Crippen molar-refractivity contribution in [3.8, 4) is 0 Å². The molecule has 2 fully saturated rings. The van der Waals surface area contributed by atoms with Crippen LogP contribution in [0.2, 0.25) is 0 Å². The molecule has 0 aliphatic carbocycles. The number of likely N-dealkylation sites (tertiary alicyclic amines) is 1. The zero-order chi connectivity index (χ0) is 33.6. The first-order chi connectivity index (χ1) is 23.2. The molecule has 0 aromatic heterocycles. The molecule has 10 heteroatoms. The Bertz CT molecular complexity index is 1800. The summed E-state index contributed by atoms with van der Waals surface area (Å²) in [7, 11) is -1.79. The largest absolute Gasteiger partial charge is 0.354 e. The average Bonchev–Trinajstić information content (AvgIpc) is 3.11. The molecule has 0 bridgehead atoms. The summed E-state index contributed by atoms with van der Waals surface area (Å²) >= 11 is 0. The minimum atomic E-state index is -3.92. The SMILES string of the molecule is CN1CCN(C2(CNC(=O)Cc3ccccc3)CCN(C(=O)CC(NS(=O)(=O)c3ccc4ccccc4c3)c3ccccc3)CC2)CC1. The molecule has 1 unspecified atom stereocenters. The first-order valence-corrected chi connectivity index (χ1v) is 18.3. The van der Waals surface area contributed by atoms with Gasteiger partial charge in [0, 0.05) is 57.8 Å². The van der Waals surface area contributed by atoms with Crippen molar-refractivity contribution in [3.05, 3.63) is 114 Å². The molecule has 2 saturated heterocycles. The summed E-state index contributed by atoms with van der Waals surface area (Å²) in [4.78, 5) is 33.7. The highest BCUT2D eigenvalue weighted by atomic mass is 32.2. The zero-order valence-electron chi connectivity index (χ0n) is 27.6. The van der Waals surface area contributed by atoms with Crippen molar-refractivity contribution < 1.29 is 18.0 Å². The van der Waals surface area contributed by atoms with Gasteiger partial charge in [-0.1, -0.05) is 91.0 Å². The van der Waals surface area contributed by atoms with Crippen LogP contribution < -0.4 is 10.0 Å². The van der Waals surface area contributed by atoms with Crippen LogP contribution >= 0.6 is 0 Å². The molecule has 252 valence electrons. The number of piperidine rings is 1. The third-order valence-electron chi connectivity index (χ3n) is 9.95. The van der Waals surface area contributed by atoms with E-state index in [9.17, 15) is 18.0 Å². The van der Waals surface area contributed by atoms with Gasteiger partial charge in [0.05, 0.1) is 17.4 Å². The van der Waals surface area contributed by atoms with Gasteiger partial charge in [-0.2, -0.15) is 0 Å². The number of benzene rings is 4. The Morgan fingerprint density at radius 3 is 2.08 bits per heavy atom. The second-order valence-electron chi connectivity index (χ2n) is 13.1. The maximum absolute atomic E-state index is 13.9. The topological polar surface area (TPSA) is 102 Å². The molecule has 2 amide bonds. The number of piperazine rings is 1. The second kappa shape index (κ2) is 15.0. The van der Waals surface area contributed by atoms with Crippen LogP contribution in [0.15, 0.2) is 108 Å². The summed E-state index contributed by atoms with van der Waals surface area (Å²) in [5.41, 5.74) is 1.47. The predicted octanol–water partition coefficient (Wildman–Crippen LogP) is 4.22. The fraction of sp³-hybridized carbons (Fsp3) is 0.368. The Kier molecular flexibility index (Phi) is 10.6. The van der Waals surface area contributed by atoms with Gasteiger partial charge in [-0.15, -0.1) is 0 Å². The quantitative estimate of drug-likeness (QED) is 0.249. The smallest absolute Gasteiger partial charge is 0.241 e. The van der Waals surface area contributed by atoms with Crippen LogP contribution in [0.5, 0.6) is 0 Å². The van der Waals surface area contributed by atoms with E-state index in [0.29, 0.717) is 26.1 Å². The molecule has 9 nitrogen and oxygen atoms in total. The molecule has 4 aromatic carbocycles. The highest BCUT2D eigenvalue weighted by Crippen LogP contribution is 2.31. The van der Waals surface area contributed by atoms with E-state index in [2.05, 4.69) is 26.9 Å². The van der Waals surface area contributed by atoms with Gasteiger partial charge in [-0.3, -0.25) is 14.5 Å². The van der Waals surface area contributed by atoms with Crippen LogP contribution in [0.4, 0.5) is 0 Å². The van der Waals surface area contributed by atoms with Crippen molar-refractivity contribution >= 4 is 32.6 Å². The lowest BCUT2D eigenvalue weighted by Gasteiger charge is -2.51. The number of carbonyl (C=O) groups is 2. The predicted molar refractivity (Wildman–Crippen MR) is 189 cm³/mol. The number of nitrogens with one attached hydrogen (secondary N) is 2. The first kappa shape index (κ1) is 33.8. The number of rotatable bonds is 11. The Hall–Kier alpha value is -4.09. The number of amides is 2. The van der Waals surface area contributed by atoms with E-state index in [-0.39, 0.29) is 28.7 Å². The fourth-order valence-corrected chi connectivity index (χ4v) is 8.23. The summed E-state index contributed by atoms with van der Waals surface area (Å²) in [6.07, 6.45) is 1.80. The Morgan fingerprint density at radius 2 is 1.40 bits per heavy atom. The van der Waals surface area contributed by atoms with Crippen molar-refractivity contribution in [2.24, 2.45) is 0 Å². The van der Waals surface area contributed by atoms with Crippen molar-refractivity contribution in [1.82, 2.24) is 24.7 Å². The molecule has 0 radical (unpaired) electrons. The number of sulfonamides is 1. The highest BCUT2D eigenvalue weighted by Gasteiger charge is 2.42. The van der Waals surface area contributed by atoms with Crippen molar-refractivity contribution in [3.63, 3.8) is 0 Å². The Morgan fingerprint density at radius 1 is 0.771 bits per heavy atom.